The Morgan fingerprint density at radius 2 is 2.03 bits per heavy atom. The molecule has 1 heterocycles. The largest absolute Gasteiger partial charge is 0.462 e. The summed E-state index contributed by atoms with van der Waals surface area (Å²) >= 11 is 0. The van der Waals surface area contributed by atoms with Crippen LogP contribution in [0.2, 0.25) is 0 Å². The Morgan fingerprint density at radius 1 is 1.30 bits per heavy atom. The number of allylic oxidation sites excluding steroid dienone is 2. The minimum Gasteiger partial charge on any atom is -0.462 e. The van der Waals surface area contributed by atoms with Gasteiger partial charge >= 0.3 is 5.97 Å². The topological polar surface area (TPSA) is 49.8 Å². The third-order valence-electron chi connectivity index (χ3n) is 8.01. The van der Waals surface area contributed by atoms with Crippen LogP contribution in [0.25, 0.3) is 0 Å². The van der Waals surface area contributed by atoms with Gasteiger partial charge in [-0.2, -0.15) is 0 Å². The van der Waals surface area contributed by atoms with Crippen molar-refractivity contribution in [1.82, 2.24) is 4.90 Å². The molecule has 1 aliphatic heterocycles. The number of esters is 1. The molecule has 0 unspecified atom stereocenters. The number of hydrogen-bond acceptors (Lipinski definition) is 4. The average Bonchev–Trinajstić information content (AvgIpc) is 3.00. The van der Waals surface area contributed by atoms with E-state index in [0.29, 0.717) is 13.1 Å². The first-order chi connectivity index (χ1) is 14.2. The Labute approximate surface area is 181 Å². The van der Waals surface area contributed by atoms with Crippen LogP contribution in [0.1, 0.15) is 65.4 Å². The molecular formula is C26H37NO3. The fourth-order valence-corrected chi connectivity index (χ4v) is 6.23. The van der Waals surface area contributed by atoms with Gasteiger partial charge in [-0.15, -0.1) is 0 Å². The van der Waals surface area contributed by atoms with Crippen molar-refractivity contribution in [3.63, 3.8) is 0 Å². The van der Waals surface area contributed by atoms with Crippen molar-refractivity contribution < 1.29 is 14.6 Å². The van der Waals surface area contributed by atoms with Crippen molar-refractivity contribution in [2.75, 3.05) is 19.6 Å². The zero-order chi connectivity index (χ0) is 21.5. The Bertz CT molecular complexity index is 815. The molecule has 2 fully saturated rings. The number of aliphatic hydroxyl groups is 1. The predicted octanol–water partition coefficient (Wildman–Crippen LogP) is 4.67. The predicted molar refractivity (Wildman–Crippen MR) is 119 cm³/mol. The zero-order valence-corrected chi connectivity index (χ0v) is 19.0. The van der Waals surface area contributed by atoms with Crippen LogP contribution in [-0.4, -0.2) is 41.7 Å². The van der Waals surface area contributed by atoms with Crippen LogP contribution in [0.4, 0.5) is 0 Å². The third kappa shape index (κ3) is 3.97. The van der Waals surface area contributed by atoms with Crippen LogP contribution in [0, 0.1) is 17.3 Å². The molecule has 1 saturated carbocycles. The molecular weight excluding hydrogens is 374 g/mol. The number of carbonyl (C=O) groups is 1. The number of benzene rings is 1. The lowest BCUT2D eigenvalue weighted by Crippen LogP contribution is -2.44. The summed E-state index contributed by atoms with van der Waals surface area (Å²) in [6.45, 7) is 10.6. The molecule has 1 aromatic rings. The van der Waals surface area contributed by atoms with E-state index in [1.54, 1.807) is 11.1 Å². The molecule has 1 saturated heterocycles. The molecule has 3 aliphatic rings. The average molecular weight is 412 g/mol. The van der Waals surface area contributed by atoms with Crippen molar-refractivity contribution in [3.8, 4) is 0 Å². The van der Waals surface area contributed by atoms with Crippen LogP contribution < -0.4 is 0 Å². The van der Waals surface area contributed by atoms with Gasteiger partial charge in [-0.1, -0.05) is 55.3 Å². The molecule has 0 spiro atoms. The standard InChI is InChI=1S/C26H37NO3/c1-5-27(17-26(4,29)19-11-7-6-8-12-19)16-21-20-14-22-18(2)10-9-13-25(22,3)15-23(20)30-24(21)28/h6-8,11-12,20-21,23,29H,5,9-10,13-17H2,1-4H3/t20-,21+,23+,25+,26-/m1/s1. The van der Waals surface area contributed by atoms with Gasteiger partial charge in [-0.05, 0) is 63.5 Å². The molecule has 0 amide bonds. The number of carbonyl (C=O) groups excluding carboxylic acids is 1. The zero-order valence-electron chi connectivity index (χ0n) is 19.0. The fraction of sp³-hybridized carbons (Fsp3) is 0.654. The van der Waals surface area contributed by atoms with E-state index in [9.17, 15) is 9.90 Å². The summed E-state index contributed by atoms with van der Waals surface area (Å²) in [5.41, 5.74) is 3.30. The van der Waals surface area contributed by atoms with Gasteiger partial charge in [-0.25, -0.2) is 0 Å². The number of nitrogens with zero attached hydrogens (tertiary/aromatic N) is 1. The number of rotatable bonds is 6. The molecule has 1 N–H and O–H groups in total. The lowest BCUT2D eigenvalue weighted by Gasteiger charge is -2.46. The summed E-state index contributed by atoms with van der Waals surface area (Å²) in [7, 11) is 0. The van der Waals surface area contributed by atoms with E-state index in [0.717, 1.165) is 24.9 Å². The van der Waals surface area contributed by atoms with Crippen LogP contribution in [0.5, 0.6) is 0 Å². The molecule has 5 atom stereocenters. The maximum absolute atomic E-state index is 12.9. The van der Waals surface area contributed by atoms with E-state index < -0.39 is 5.60 Å². The van der Waals surface area contributed by atoms with Crippen molar-refractivity contribution in [2.24, 2.45) is 17.3 Å². The molecule has 4 rings (SSSR count). The normalized spacial score (nSPS) is 33.1. The maximum Gasteiger partial charge on any atom is 0.310 e. The van der Waals surface area contributed by atoms with E-state index in [1.165, 1.54) is 19.3 Å². The SMILES string of the molecule is CCN(C[C@@H]1C(=O)O[C@H]2C[C@]3(C)CCCC(C)=C3C[C@@H]21)C[C@@](C)(O)c1ccccc1. The van der Waals surface area contributed by atoms with E-state index in [-0.39, 0.29) is 29.3 Å². The molecule has 4 nitrogen and oxygen atoms in total. The van der Waals surface area contributed by atoms with Crippen molar-refractivity contribution in [2.45, 2.75) is 71.5 Å². The van der Waals surface area contributed by atoms with Crippen LogP contribution in [0.15, 0.2) is 41.5 Å². The molecule has 0 radical (unpaired) electrons. The van der Waals surface area contributed by atoms with Crippen LogP contribution in [-0.2, 0) is 15.1 Å². The Morgan fingerprint density at radius 3 is 2.73 bits per heavy atom. The van der Waals surface area contributed by atoms with E-state index in [2.05, 4.69) is 25.7 Å². The minimum absolute atomic E-state index is 0.0386. The first-order valence-corrected chi connectivity index (χ1v) is 11.6. The van der Waals surface area contributed by atoms with Gasteiger partial charge in [0.1, 0.15) is 6.10 Å². The van der Waals surface area contributed by atoms with Crippen molar-refractivity contribution in [3.05, 3.63) is 47.0 Å². The lowest BCUT2D eigenvalue weighted by molar-refractivity contribution is -0.145. The first kappa shape index (κ1) is 21.6. The highest BCUT2D eigenvalue weighted by Crippen LogP contribution is 2.55. The highest BCUT2D eigenvalue weighted by atomic mass is 16.6. The highest BCUT2D eigenvalue weighted by molar-refractivity contribution is 5.76. The summed E-state index contributed by atoms with van der Waals surface area (Å²) in [4.78, 5) is 15.1. The second-order valence-electron chi connectivity index (χ2n) is 10.3. The van der Waals surface area contributed by atoms with Gasteiger partial charge in [-0.3, -0.25) is 9.69 Å². The van der Waals surface area contributed by atoms with E-state index >= 15 is 0 Å². The van der Waals surface area contributed by atoms with E-state index in [4.69, 9.17) is 4.74 Å². The number of hydrogen-bond donors (Lipinski definition) is 1. The van der Waals surface area contributed by atoms with Gasteiger partial charge < -0.3 is 9.84 Å². The molecule has 0 aromatic heterocycles. The second-order valence-corrected chi connectivity index (χ2v) is 10.3. The van der Waals surface area contributed by atoms with Crippen molar-refractivity contribution >= 4 is 5.97 Å². The quantitative estimate of drug-likeness (QED) is 0.546. The number of ether oxygens (including phenoxy) is 1. The molecule has 0 bridgehead atoms. The number of likely N-dealkylation sites (N-methyl/N-ethyl adjacent to an activating group) is 1. The van der Waals surface area contributed by atoms with Crippen molar-refractivity contribution in [1.29, 1.82) is 0 Å². The third-order valence-corrected chi connectivity index (χ3v) is 8.01. The molecule has 2 aliphatic carbocycles. The number of fused-ring (bicyclic) bond motifs is 2. The Kier molecular flexibility index (Phi) is 5.84. The summed E-state index contributed by atoms with van der Waals surface area (Å²) in [6.07, 6.45) is 5.68. The molecule has 164 valence electrons. The summed E-state index contributed by atoms with van der Waals surface area (Å²) in [5.74, 6) is 0.126. The van der Waals surface area contributed by atoms with Gasteiger partial charge in [0.05, 0.1) is 11.5 Å². The second kappa shape index (κ2) is 8.12. The summed E-state index contributed by atoms with van der Waals surface area (Å²) in [6, 6.07) is 9.81. The van der Waals surface area contributed by atoms with Gasteiger partial charge in [0.15, 0.2) is 0 Å². The van der Waals surface area contributed by atoms with Gasteiger partial charge in [0.25, 0.3) is 0 Å². The van der Waals surface area contributed by atoms with E-state index in [1.807, 2.05) is 37.3 Å². The van der Waals surface area contributed by atoms with Crippen LogP contribution in [0.3, 0.4) is 0 Å². The molecule has 30 heavy (non-hydrogen) atoms. The monoisotopic (exact) mass is 411 g/mol. The lowest BCUT2D eigenvalue weighted by atomic mass is 9.59. The maximum atomic E-state index is 12.9. The van der Waals surface area contributed by atoms with Gasteiger partial charge in [0.2, 0.25) is 0 Å². The first-order valence-electron chi connectivity index (χ1n) is 11.6. The minimum atomic E-state index is -0.952. The van der Waals surface area contributed by atoms with Gasteiger partial charge in [0, 0.05) is 19.0 Å². The molecule has 1 aromatic carbocycles. The Hall–Kier alpha value is -1.65. The Balaban J connectivity index is 1.50. The fourth-order valence-electron chi connectivity index (χ4n) is 6.23. The molecule has 4 heteroatoms. The summed E-state index contributed by atoms with van der Waals surface area (Å²) in [5, 5.41) is 11.1. The highest BCUT2D eigenvalue weighted by Gasteiger charge is 2.53. The smallest absolute Gasteiger partial charge is 0.310 e. The summed E-state index contributed by atoms with van der Waals surface area (Å²) < 4.78 is 5.94. The van der Waals surface area contributed by atoms with Crippen LogP contribution >= 0.6 is 0 Å².